The number of fused-ring (bicyclic) bond motifs is 4. The number of carbonyl (C=O) groups excluding carboxylic acids is 1. The SMILES string of the molecule is CC(=O)Oc1ccc(C2(c3ccc(OC(F)(F)C(F)(F)F)cc3)C=Cc3c(cc(C4CCc5ccccc5N4)c4ccccc34)O2)cc1. The molecular formula is C38H28F5NO4. The minimum absolute atomic E-state index is 0.0197. The van der Waals surface area contributed by atoms with E-state index in [-0.39, 0.29) is 6.04 Å². The summed E-state index contributed by atoms with van der Waals surface area (Å²) in [5.41, 5.74) is 3.86. The van der Waals surface area contributed by atoms with Crippen LogP contribution in [0, 0.1) is 0 Å². The number of rotatable bonds is 6. The van der Waals surface area contributed by atoms with Gasteiger partial charge in [-0.2, -0.15) is 22.0 Å². The molecule has 2 heterocycles. The third-order valence-corrected chi connectivity index (χ3v) is 8.66. The minimum Gasteiger partial charge on any atom is -0.473 e. The van der Waals surface area contributed by atoms with Gasteiger partial charge in [0.05, 0.1) is 6.04 Å². The van der Waals surface area contributed by atoms with Crippen molar-refractivity contribution in [2.24, 2.45) is 0 Å². The lowest BCUT2D eigenvalue weighted by Gasteiger charge is -2.37. The van der Waals surface area contributed by atoms with Crippen molar-refractivity contribution in [3.05, 3.63) is 137 Å². The van der Waals surface area contributed by atoms with Gasteiger partial charge >= 0.3 is 18.3 Å². The predicted molar refractivity (Wildman–Crippen MR) is 171 cm³/mol. The second-order valence-corrected chi connectivity index (χ2v) is 11.7. The molecule has 0 radical (unpaired) electrons. The van der Waals surface area contributed by atoms with Crippen LogP contribution in [0.2, 0.25) is 0 Å². The number of halogens is 5. The number of anilines is 1. The molecule has 7 rings (SSSR count). The summed E-state index contributed by atoms with van der Waals surface area (Å²) >= 11 is 0. The number of esters is 1. The van der Waals surface area contributed by atoms with Gasteiger partial charge in [-0.05, 0) is 83.3 Å². The Morgan fingerprint density at radius 2 is 1.46 bits per heavy atom. The number of benzene rings is 5. The van der Waals surface area contributed by atoms with Gasteiger partial charge in [0.25, 0.3) is 0 Å². The lowest BCUT2D eigenvalue weighted by molar-refractivity contribution is -0.360. The van der Waals surface area contributed by atoms with E-state index in [1.165, 1.54) is 24.6 Å². The van der Waals surface area contributed by atoms with Crippen LogP contribution in [0.25, 0.3) is 16.8 Å². The first kappa shape index (κ1) is 31.2. The lowest BCUT2D eigenvalue weighted by Crippen LogP contribution is -2.41. The van der Waals surface area contributed by atoms with E-state index in [0.717, 1.165) is 52.6 Å². The number of carbonyl (C=O) groups is 1. The summed E-state index contributed by atoms with van der Waals surface area (Å²) < 4.78 is 82.0. The second-order valence-electron chi connectivity index (χ2n) is 11.7. The molecule has 2 aliphatic rings. The Kier molecular flexibility index (Phi) is 7.61. The van der Waals surface area contributed by atoms with Gasteiger partial charge in [0.2, 0.25) is 0 Å². The smallest absolute Gasteiger partial charge is 0.473 e. The van der Waals surface area contributed by atoms with Crippen LogP contribution in [-0.2, 0) is 16.8 Å². The summed E-state index contributed by atoms with van der Waals surface area (Å²) in [5.74, 6) is -0.306. The van der Waals surface area contributed by atoms with Gasteiger partial charge < -0.3 is 19.5 Å². The summed E-state index contributed by atoms with van der Waals surface area (Å²) in [5, 5.41) is 5.72. The van der Waals surface area contributed by atoms with Crippen molar-refractivity contribution >= 4 is 28.5 Å². The van der Waals surface area contributed by atoms with Crippen LogP contribution in [0.3, 0.4) is 0 Å². The molecule has 2 unspecified atom stereocenters. The Bertz CT molecular complexity index is 2040. The second kappa shape index (κ2) is 11.7. The van der Waals surface area contributed by atoms with Crippen LogP contribution in [0.5, 0.6) is 17.2 Å². The molecule has 48 heavy (non-hydrogen) atoms. The van der Waals surface area contributed by atoms with Crippen LogP contribution in [0.4, 0.5) is 27.6 Å². The highest BCUT2D eigenvalue weighted by atomic mass is 19.4. The average Bonchev–Trinajstić information content (AvgIpc) is 3.07. The largest absolute Gasteiger partial charge is 0.499 e. The maximum absolute atomic E-state index is 13.7. The number of alkyl halides is 5. The molecule has 5 aromatic rings. The Balaban J connectivity index is 1.33. The standard InChI is InChI=1S/C38H28F5NO4/c1-23(45)46-27-15-11-25(12-16-27)36(26-13-17-28(18-14-26)47-38(42,43)37(39,40)41)21-20-31-29-7-3-4-8-30(29)32(22-35(31)48-36)34-19-10-24-6-2-5-9-33(24)44-34/h2-9,11-18,20-22,34,44H,10,19H2,1H3. The van der Waals surface area contributed by atoms with Crippen molar-refractivity contribution in [2.45, 2.75) is 43.7 Å². The molecule has 0 fully saturated rings. The number of para-hydroxylation sites is 1. The summed E-state index contributed by atoms with van der Waals surface area (Å²) in [7, 11) is 0. The first-order valence-electron chi connectivity index (χ1n) is 15.2. The topological polar surface area (TPSA) is 56.8 Å². The van der Waals surface area contributed by atoms with Gasteiger partial charge in [0.1, 0.15) is 17.2 Å². The van der Waals surface area contributed by atoms with E-state index in [1.807, 2.05) is 48.6 Å². The van der Waals surface area contributed by atoms with Crippen molar-refractivity contribution in [3.63, 3.8) is 0 Å². The number of ether oxygens (including phenoxy) is 3. The fourth-order valence-electron chi connectivity index (χ4n) is 6.41. The monoisotopic (exact) mass is 657 g/mol. The summed E-state index contributed by atoms with van der Waals surface area (Å²) in [6.07, 6.45) is -5.77. The summed E-state index contributed by atoms with van der Waals surface area (Å²) in [6.45, 7) is 1.28. The van der Waals surface area contributed by atoms with Gasteiger partial charge in [0, 0.05) is 29.3 Å². The van der Waals surface area contributed by atoms with E-state index in [4.69, 9.17) is 9.47 Å². The lowest BCUT2D eigenvalue weighted by atomic mass is 9.82. The average molecular weight is 658 g/mol. The maximum Gasteiger partial charge on any atom is 0.499 e. The summed E-state index contributed by atoms with van der Waals surface area (Å²) in [6, 6.07) is 29.7. The zero-order valence-electron chi connectivity index (χ0n) is 25.5. The molecule has 0 saturated carbocycles. The van der Waals surface area contributed by atoms with Gasteiger partial charge in [-0.1, -0.05) is 66.7 Å². The minimum atomic E-state index is -5.88. The van der Waals surface area contributed by atoms with E-state index in [9.17, 15) is 26.7 Å². The fraction of sp³-hybridized carbons (Fsp3) is 0.184. The number of hydrogen-bond acceptors (Lipinski definition) is 5. The van der Waals surface area contributed by atoms with Gasteiger partial charge in [-0.3, -0.25) is 4.79 Å². The molecule has 0 saturated heterocycles. The molecule has 244 valence electrons. The number of hydrogen-bond donors (Lipinski definition) is 1. The fourth-order valence-corrected chi connectivity index (χ4v) is 6.41. The van der Waals surface area contributed by atoms with Gasteiger partial charge in [0.15, 0.2) is 5.60 Å². The van der Waals surface area contributed by atoms with E-state index in [2.05, 4.69) is 28.3 Å². The highest BCUT2D eigenvalue weighted by molar-refractivity contribution is 5.97. The molecule has 10 heteroatoms. The van der Waals surface area contributed by atoms with Crippen molar-refractivity contribution < 1.29 is 41.0 Å². The van der Waals surface area contributed by atoms with Crippen molar-refractivity contribution in [3.8, 4) is 17.2 Å². The van der Waals surface area contributed by atoms with E-state index in [1.54, 1.807) is 24.3 Å². The normalized spacial score (nSPS) is 18.7. The van der Waals surface area contributed by atoms with Crippen molar-refractivity contribution in [1.82, 2.24) is 0 Å². The van der Waals surface area contributed by atoms with Gasteiger partial charge in [-0.15, -0.1) is 0 Å². The molecule has 1 N–H and O–H groups in total. The molecule has 2 aliphatic heterocycles. The summed E-state index contributed by atoms with van der Waals surface area (Å²) in [4.78, 5) is 11.6. The Labute approximate surface area is 272 Å². The molecule has 0 bridgehead atoms. The van der Waals surface area contributed by atoms with Crippen molar-refractivity contribution in [1.29, 1.82) is 0 Å². The quantitative estimate of drug-likeness (QED) is 0.112. The molecule has 5 nitrogen and oxygen atoms in total. The number of nitrogens with one attached hydrogen (secondary N) is 1. The third-order valence-electron chi connectivity index (χ3n) is 8.66. The van der Waals surface area contributed by atoms with Crippen LogP contribution >= 0.6 is 0 Å². The third kappa shape index (κ3) is 5.61. The molecule has 2 atom stereocenters. The Morgan fingerprint density at radius 1 is 0.833 bits per heavy atom. The molecular weight excluding hydrogens is 629 g/mol. The van der Waals surface area contributed by atoms with Crippen molar-refractivity contribution in [2.75, 3.05) is 5.32 Å². The zero-order chi connectivity index (χ0) is 33.7. The van der Waals surface area contributed by atoms with E-state index < -0.39 is 29.6 Å². The highest BCUT2D eigenvalue weighted by Gasteiger charge is 2.61. The number of aryl methyl sites for hydroxylation is 1. The van der Waals surface area contributed by atoms with E-state index >= 15 is 0 Å². The van der Waals surface area contributed by atoms with Crippen LogP contribution in [0.15, 0.2) is 109 Å². The van der Waals surface area contributed by atoms with Gasteiger partial charge in [-0.25, -0.2) is 0 Å². The Morgan fingerprint density at radius 3 is 2.12 bits per heavy atom. The predicted octanol–water partition coefficient (Wildman–Crippen LogP) is 9.75. The zero-order valence-corrected chi connectivity index (χ0v) is 25.5. The molecule has 0 aliphatic carbocycles. The highest BCUT2D eigenvalue weighted by Crippen LogP contribution is 2.48. The van der Waals surface area contributed by atoms with E-state index in [0.29, 0.717) is 22.6 Å². The Hall–Kier alpha value is -5.38. The maximum atomic E-state index is 13.7. The molecule has 0 aromatic heterocycles. The van der Waals surface area contributed by atoms with Crippen LogP contribution in [-0.4, -0.2) is 18.3 Å². The molecule has 5 aromatic carbocycles. The first-order chi connectivity index (χ1) is 22.9. The van der Waals surface area contributed by atoms with Crippen LogP contribution in [0.1, 0.15) is 47.2 Å². The molecule has 0 spiro atoms. The first-order valence-corrected chi connectivity index (χ1v) is 15.2. The van der Waals surface area contributed by atoms with Crippen LogP contribution < -0.4 is 19.5 Å². The molecule has 0 amide bonds.